The Labute approximate surface area is 196 Å². The Balaban J connectivity index is 1.50. The van der Waals surface area contributed by atoms with Crippen LogP contribution in [0.15, 0.2) is 72.8 Å². The molecule has 3 aromatic carbocycles. The molecule has 1 aliphatic rings. The van der Waals surface area contributed by atoms with Crippen LogP contribution in [-0.4, -0.2) is 37.1 Å². The molecule has 0 radical (unpaired) electrons. The molecule has 0 atom stereocenters. The van der Waals surface area contributed by atoms with E-state index in [2.05, 4.69) is 30.1 Å². The zero-order valence-corrected chi connectivity index (χ0v) is 19.4. The van der Waals surface area contributed by atoms with Crippen molar-refractivity contribution in [2.45, 2.75) is 32.9 Å². The number of carbonyl (C=O) groups is 1. The average Bonchev–Trinajstić information content (AvgIpc) is 2.84. The number of hydrogen-bond acceptors (Lipinski definition) is 4. The standard InChI is InChI=1S/C28H32N2O3/c1-21(2)24-11-12-27(33-20-22-7-4-3-5-8-22)26(18-24)28(31)29-25-10-6-9-23(17-25)19-30-13-15-32-16-14-30/h3-12,17-18,21H,13-16,19-20H2,1-2H3,(H,29,31). The number of amides is 1. The third-order valence-electron chi connectivity index (χ3n) is 5.85. The van der Waals surface area contributed by atoms with Gasteiger partial charge in [0, 0.05) is 25.3 Å². The molecule has 0 aromatic heterocycles. The van der Waals surface area contributed by atoms with Crippen LogP contribution in [-0.2, 0) is 17.9 Å². The number of benzene rings is 3. The number of ether oxygens (including phenoxy) is 2. The number of morpholine rings is 1. The minimum atomic E-state index is -0.163. The van der Waals surface area contributed by atoms with Crippen LogP contribution in [0.5, 0.6) is 5.75 Å². The third-order valence-corrected chi connectivity index (χ3v) is 5.85. The van der Waals surface area contributed by atoms with E-state index in [-0.39, 0.29) is 5.91 Å². The van der Waals surface area contributed by atoms with E-state index in [1.807, 2.05) is 66.7 Å². The van der Waals surface area contributed by atoms with Gasteiger partial charge in [0.2, 0.25) is 0 Å². The van der Waals surface area contributed by atoms with Crippen LogP contribution in [0.3, 0.4) is 0 Å². The Morgan fingerprint density at radius 2 is 1.73 bits per heavy atom. The lowest BCUT2D eigenvalue weighted by molar-refractivity contribution is 0.0342. The van der Waals surface area contributed by atoms with Gasteiger partial charge >= 0.3 is 0 Å². The van der Waals surface area contributed by atoms with E-state index < -0.39 is 0 Å². The van der Waals surface area contributed by atoms with Gasteiger partial charge in [-0.25, -0.2) is 0 Å². The predicted molar refractivity (Wildman–Crippen MR) is 132 cm³/mol. The van der Waals surface area contributed by atoms with Gasteiger partial charge in [0.25, 0.3) is 5.91 Å². The van der Waals surface area contributed by atoms with Gasteiger partial charge in [-0.15, -0.1) is 0 Å². The first kappa shape index (κ1) is 23.0. The Morgan fingerprint density at radius 1 is 0.970 bits per heavy atom. The van der Waals surface area contributed by atoms with Crippen LogP contribution in [0.4, 0.5) is 5.69 Å². The van der Waals surface area contributed by atoms with E-state index in [9.17, 15) is 4.79 Å². The Bertz CT molecular complexity index is 1060. The molecule has 0 unspecified atom stereocenters. The third kappa shape index (κ3) is 6.44. The molecule has 1 amide bonds. The molecular formula is C28H32N2O3. The minimum absolute atomic E-state index is 0.163. The average molecular weight is 445 g/mol. The molecule has 0 bridgehead atoms. The maximum atomic E-state index is 13.3. The molecular weight excluding hydrogens is 412 g/mol. The Hall–Kier alpha value is -3.15. The van der Waals surface area contributed by atoms with Gasteiger partial charge in [-0.1, -0.05) is 62.4 Å². The van der Waals surface area contributed by atoms with Gasteiger partial charge in [-0.3, -0.25) is 9.69 Å². The molecule has 33 heavy (non-hydrogen) atoms. The van der Waals surface area contributed by atoms with E-state index in [0.29, 0.717) is 23.8 Å². The molecule has 1 saturated heterocycles. The first-order valence-corrected chi connectivity index (χ1v) is 11.6. The van der Waals surface area contributed by atoms with Crippen LogP contribution in [0.2, 0.25) is 0 Å². The molecule has 0 saturated carbocycles. The molecule has 5 heteroatoms. The van der Waals surface area contributed by atoms with Crippen molar-refractivity contribution in [1.29, 1.82) is 0 Å². The summed E-state index contributed by atoms with van der Waals surface area (Å²) in [4.78, 5) is 15.7. The molecule has 0 spiro atoms. The van der Waals surface area contributed by atoms with Crippen molar-refractivity contribution in [3.63, 3.8) is 0 Å². The predicted octanol–water partition coefficient (Wildman–Crippen LogP) is 5.47. The Morgan fingerprint density at radius 3 is 2.48 bits per heavy atom. The van der Waals surface area contributed by atoms with Crippen molar-refractivity contribution in [3.05, 3.63) is 95.1 Å². The van der Waals surface area contributed by atoms with Crippen LogP contribution >= 0.6 is 0 Å². The molecule has 5 nitrogen and oxygen atoms in total. The fraction of sp³-hybridized carbons (Fsp3) is 0.321. The fourth-order valence-corrected chi connectivity index (χ4v) is 3.91. The van der Waals surface area contributed by atoms with Crippen molar-refractivity contribution in [2.24, 2.45) is 0 Å². The topological polar surface area (TPSA) is 50.8 Å². The SMILES string of the molecule is CC(C)c1ccc(OCc2ccccc2)c(C(=O)Nc2cccc(CN3CCOCC3)c2)c1. The summed E-state index contributed by atoms with van der Waals surface area (Å²) in [5.74, 6) is 0.742. The second-order valence-electron chi connectivity index (χ2n) is 8.73. The number of hydrogen-bond donors (Lipinski definition) is 1. The van der Waals surface area contributed by atoms with Gasteiger partial charge in [-0.05, 0) is 46.9 Å². The lowest BCUT2D eigenvalue weighted by Gasteiger charge is -2.26. The van der Waals surface area contributed by atoms with Crippen molar-refractivity contribution in [1.82, 2.24) is 4.90 Å². The summed E-state index contributed by atoms with van der Waals surface area (Å²) >= 11 is 0. The number of anilines is 1. The van der Waals surface area contributed by atoms with E-state index in [0.717, 1.165) is 49.7 Å². The highest BCUT2D eigenvalue weighted by molar-refractivity contribution is 6.06. The quantitative estimate of drug-likeness (QED) is 0.500. The summed E-state index contributed by atoms with van der Waals surface area (Å²) in [5.41, 5.74) is 4.68. The summed E-state index contributed by atoms with van der Waals surface area (Å²) in [7, 11) is 0. The summed E-state index contributed by atoms with van der Waals surface area (Å²) in [6, 6.07) is 23.9. The van der Waals surface area contributed by atoms with Crippen LogP contribution in [0.25, 0.3) is 0 Å². The smallest absolute Gasteiger partial charge is 0.259 e. The highest BCUT2D eigenvalue weighted by atomic mass is 16.5. The fourth-order valence-electron chi connectivity index (χ4n) is 3.91. The van der Waals surface area contributed by atoms with Crippen molar-refractivity contribution >= 4 is 11.6 Å². The molecule has 172 valence electrons. The zero-order valence-electron chi connectivity index (χ0n) is 19.4. The number of nitrogens with one attached hydrogen (secondary N) is 1. The summed E-state index contributed by atoms with van der Waals surface area (Å²) in [6.45, 7) is 8.91. The number of nitrogens with zero attached hydrogens (tertiary/aromatic N) is 1. The summed E-state index contributed by atoms with van der Waals surface area (Å²) in [5, 5.41) is 3.08. The molecule has 0 aliphatic carbocycles. The lowest BCUT2D eigenvalue weighted by atomic mass is 10.00. The van der Waals surface area contributed by atoms with E-state index in [1.54, 1.807) is 0 Å². The van der Waals surface area contributed by atoms with E-state index in [4.69, 9.17) is 9.47 Å². The van der Waals surface area contributed by atoms with Gasteiger partial charge in [-0.2, -0.15) is 0 Å². The lowest BCUT2D eigenvalue weighted by Crippen LogP contribution is -2.35. The van der Waals surface area contributed by atoms with Crippen LogP contribution in [0.1, 0.15) is 46.8 Å². The maximum Gasteiger partial charge on any atom is 0.259 e. The van der Waals surface area contributed by atoms with Crippen molar-refractivity contribution in [2.75, 3.05) is 31.6 Å². The minimum Gasteiger partial charge on any atom is -0.488 e. The van der Waals surface area contributed by atoms with Gasteiger partial charge in [0.1, 0.15) is 12.4 Å². The molecule has 1 fully saturated rings. The largest absolute Gasteiger partial charge is 0.488 e. The van der Waals surface area contributed by atoms with Crippen LogP contribution in [0, 0.1) is 0 Å². The maximum absolute atomic E-state index is 13.3. The van der Waals surface area contributed by atoms with Gasteiger partial charge < -0.3 is 14.8 Å². The van der Waals surface area contributed by atoms with Gasteiger partial charge in [0.15, 0.2) is 0 Å². The summed E-state index contributed by atoms with van der Waals surface area (Å²) < 4.78 is 11.5. The van der Waals surface area contributed by atoms with E-state index in [1.165, 1.54) is 5.56 Å². The summed E-state index contributed by atoms with van der Waals surface area (Å²) in [6.07, 6.45) is 0. The Kier molecular flexibility index (Phi) is 7.76. The molecule has 1 N–H and O–H groups in total. The second kappa shape index (κ2) is 11.1. The zero-order chi connectivity index (χ0) is 23.0. The molecule has 1 heterocycles. The highest BCUT2D eigenvalue weighted by Crippen LogP contribution is 2.26. The second-order valence-corrected chi connectivity index (χ2v) is 8.73. The number of rotatable bonds is 8. The highest BCUT2D eigenvalue weighted by Gasteiger charge is 2.16. The molecule has 3 aromatic rings. The normalized spacial score (nSPS) is 14.3. The monoisotopic (exact) mass is 444 g/mol. The van der Waals surface area contributed by atoms with Crippen LogP contribution < -0.4 is 10.1 Å². The first-order valence-electron chi connectivity index (χ1n) is 11.6. The van der Waals surface area contributed by atoms with E-state index >= 15 is 0 Å². The van der Waals surface area contributed by atoms with Crippen molar-refractivity contribution < 1.29 is 14.3 Å². The molecule has 4 rings (SSSR count). The van der Waals surface area contributed by atoms with Crippen molar-refractivity contribution in [3.8, 4) is 5.75 Å². The number of carbonyl (C=O) groups excluding carboxylic acids is 1. The van der Waals surface area contributed by atoms with Gasteiger partial charge in [0.05, 0.1) is 18.8 Å². The first-order chi connectivity index (χ1) is 16.1. The molecule has 1 aliphatic heterocycles.